The third kappa shape index (κ3) is 33.8. The number of hydrogen-bond donors (Lipinski definition) is 1. The highest BCUT2D eigenvalue weighted by molar-refractivity contribution is 7.89. The summed E-state index contributed by atoms with van der Waals surface area (Å²) in [5.74, 6) is 0. The minimum absolute atomic E-state index is 0.157. The van der Waals surface area contributed by atoms with Crippen LogP contribution in [0, 0.1) is 6.92 Å². The van der Waals surface area contributed by atoms with Crippen LogP contribution < -0.4 is 4.83 Å². The molecule has 10 heteroatoms. The van der Waals surface area contributed by atoms with Gasteiger partial charge in [-0.05, 0) is 37.6 Å². The van der Waals surface area contributed by atoms with Crippen LogP contribution in [0.1, 0.15) is 12.5 Å². The number of nitrogens with one attached hydrogen (secondary N) is 1. The molecule has 0 bridgehead atoms. The number of sulfonamides is 1. The lowest BCUT2D eigenvalue weighted by molar-refractivity contribution is -0.104. The molecule has 0 saturated heterocycles. The van der Waals surface area contributed by atoms with Crippen molar-refractivity contribution in [3.8, 4) is 0 Å². The normalized spacial score (nSPS) is 11.9. The van der Waals surface area contributed by atoms with E-state index < -0.39 is 10.0 Å². The fourth-order valence-electron chi connectivity index (χ4n) is 2.73. The summed E-state index contributed by atoms with van der Waals surface area (Å²) >= 11 is 0. The lowest BCUT2D eigenvalue weighted by atomic mass is 10.2. The van der Waals surface area contributed by atoms with Crippen molar-refractivity contribution >= 4 is 47.4 Å². The molecule has 52 heavy (non-hydrogen) atoms. The lowest BCUT2D eigenvalue weighted by Crippen LogP contribution is -2.18. The maximum Gasteiger partial charge on any atom is 0.276 e. The number of aliphatic imine (C=N–C) groups is 4. The molecular formula is C42H54N6O3S. The van der Waals surface area contributed by atoms with Crippen molar-refractivity contribution in [3.63, 3.8) is 0 Å². The second kappa shape index (κ2) is 37.7. The second-order valence-electron chi connectivity index (χ2n) is 9.51. The predicted molar refractivity (Wildman–Crippen MR) is 230 cm³/mol. The van der Waals surface area contributed by atoms with E-state index in [-0.39, 0.29) is 4.90 Å². The SMILES string of the molecule is C=C/C=C(C=NCC=C)\C=N\NS(=O)(=O)c1ccc(C)cc1.C=C/C=C(\C)C=NCC=C.C=C/C=C(\C=O)C=NCC=C.C=C/C=C/C=NCC=C. The summed E-state index contributed by atoms with van der Waals surface area (Å²) in [4.78, 5) is 28.5. The average Bonchev–Trinajstić information content (AvgIpc) is 3.12. The molecule has 1 rings (SSSR count). The summed E-state index contributed by atoms with van der Waals surface area (Å²) in [7, 11) is -3.67. The molecule has 0 radical (unpaired) electrons. The number of benzene rings is 1. The Morgan fingerprint density at radius 2 is 1.12 bits per heavy atom. The van der Waals surface area contributed by atoms with E-state index in [9.17, 15) is 13.2 Å². The fourth-order valence-corrected chi connectivity index (χ4v) is 3.53. The topological polar surface area (TPSA) is 125 Å². The van der Waals surface area contributed by atoms with Crippen LogP contribution in [0.4, 0.5) is 0 Å². The molecule has 0 saturated carbocycles. The van der Waals surface area contributed by atoms with Gasteiger partial charge in [0.05, 0.1) is 37.3 Å². The van der Waals surface area contributed by atoms with Crippen molar-refractivity contribution in [1.29, 1.82) is 0 Å². The summed E-state index contributed by atoms with van der Waals surface area (Å²) in [6, 6.07) is 6.50. The van der Waals surface area contributed by atoms with Crippen LogP contribution in [0.3, 0.4) is 0 Å². The zero-order valence-corrected chi connectivity index (χ0v) is 31.4. The first kappa shape index (κ1) is 50.2. The van der Waals surface area contributed by atoms with Crippen molar-refractivity contribution < 1.29 is 13.2 Å². The Morgan fingerprint density at radius 1 is 0.635 bits per heavy atom. The highest BCUT2D eigenvalue weighted by Gasteiger charge is 2.11. The second-order valence-corrected chi connectivity index (χ2v) is 11.2. The molecule has 1 aromatic rings. The van der Waals surface area contributed by atoms with Gasteiger partial charge in [0.2, 0.25) is 0 Å². The zero-order valence-electron chi connectivity index (χ0n) is 30.6. The molecule has 0 fully saturated rings. The Kier molecular flexibility index (Phi) is 36.4. The summed E-state index contributed by atoms with van der Waals surface area (Å²) in [5.41, 5.74) is 3.22. The molecule has 0 aliphatic carbocycles. The third-order valence-electron chi connectivity index (χ3n) is 5.01. The number of nitrogens with zero attached hydrogens (tertiary/aromatic N) is 5. The summed E-state index contributed by atoms with van der Waals surface area (Å²) in [6.45, 7) is 34.5. The maximum absolute atomic E-state index is 12.0. The summed E-state index contributed by atoms with van der Waals surface area (Å²) in [6.07, 6.45) is 30.9. The van der Waals surface area contributed by atoms with Crippen LogP contribution in [0.2, 0.25) is 0 Å². The Labute approximate surface area is 312 Å². The zero-order chi connectivity index (χ0) is 39.7. The van der Waals surface area contributed by atoms with E-state index in [1.54, 1.807) is 85.3 Å². The van der Waals surface area contributed by atoms with Crippen LogP contribution in [0.25, 0.3) is 0 Å². The van der Waals surface area contributed by atoms with E-state index >= 15 is 0 Å². The van der Waals surface area contributed by atoms with Crippen LogP contribution in [-0.2, 0) is 14.8 Å². The number of hydrogen-bond acceptors (Lipinski definition) is 8. The van der Waals surface area contributed by atoms with Crippen molar-refractivity contribution in [3.05, 3.63) is 178 Å². The first-order chi connectivity index (χ1) is 25.1. The number of allylic oxidation sites excluding steroid dienone is 12. The number of carbonyl (C=O) groups excluding carboxylic acids is 1. The standard InChI is InChI=1S/C16H19N3O2S.C9H11NO.C9H13N.C8H11N/c1-4-6-15(12-17-11-5-2)13-18-19-22(20,21)16-9-7-14(3)8-10-16;1-3-5-9(8-11)7-10-6-4-2;1-4-6-9(3)8-10-7-5-2;1-3-5-6-8-9-7-4-2/h4-10,12-13,19H,1-2,11H2,3H3;3-5,7-8H,1-2,6H2;4-6,8H,1-2,7H2,3H3;3-6,8H,1-2,7H2/b15-6-,17-12?,18-13+;9-5-,10-7?;9-6+,10-8?;6-5+,9-8?. The Hall–Kier alpha value is -6.13. The summed E-state index contributed by atoms with van der Waals surface area (Å²) in [5, 5.41) is 3.74. The van der Waals surface area contributed by atoms with E-state index in [1.807, 2.05) is 38.3 Å². The van der Waals surface area contributed by atoms with Crippen molar-refractivity contribution in [1.82, 2.24) is 4.83 Å². The highest BCUT2D eigenvalue weighted by atomic mass is 32.2. The Bertz CT molecular complexity index is 1630. The number of hydrazone groups is 1. The van der Waals surface area contributed by atoms with Gasteiger partial charge in [-0.3, -0.25) is 24.8 Å². The predicted octanol–water partition coefficient (Wildman–Crippen LogP) is 8.54. The van der Waals surface area contributed by atoms with Gasteiger partial charge in [0.15, 0.2) is 6.29 Å². The van der Waals surface area contributed by atoms with Gasteiger partial charge in [-0.25, -0.2) is 4.83 Å². The average molecular weight is 723 g/mol. The van der Waals surface area contributed by atoms with E-state index in [0.29, 0.717) is 37.3 Å². The molecule has 1 N–H and O–H groups in total. The number of carbonyl (C=O) groups is 1. The monoisotopic (exact) mass is 722 g/mol. The van der Waals surface area contributed by atoms with Gasteiger partial charge < -0.3 is 0 Å². The van der Waals surface area contributed by atoms with Gasteiger partial charge in [0.25, 0.3) is 10.0 Å². The molecule has 0 unspecified atom stereocenters. The van der Waals surface area contributed by atoms with Gasteiger partial charge in [0.1, 0.15) is 0 Å². The smallest absolute Gasteiger partial charge is 0.276 e. The number of aryl methyl sites for hydroxylation is 1. The molecule has 0 aromatic heterocycles. The first-order valence-corrected chi connectivity index (χ1v) is 17.3. The van der Waals surface area contributed by atoms with Gasteiger partial charge in [0, 0.05) is 36.0 Å². The molecule has 0 atom stereocenters. The number of aldehydes is 1. The number of rotatable bonds is 21. The highest BCUT2D eigenvalue weighted by Crippen LogP contribution is 2.09. The lowest BCUT2D eigenvalue weighted by Gasteiger charge is -2.03. The largest absolute Gasteiger partial charge is 0.298 e. The van der Waals surface area contributed by atoms with E-state index in [0.717, 1.165) is 17.4 Å². The van der Waals surface area contributed by atoms with Gasteiger partial charge in [-0.15, -0.1) is 26.3 Å². The van der Waals surface area contributed by atoms with Crippen molar-refractivity contribution in [2.24, 2.45) is 25.1 Å². The first-order valence-electron chi connectivity index (χ1n) is 15.8. The van der Waals surface area contributed by atoms with E-state index in [4.69, 9.17) is 0 Å². The molecule has 276 valence electrons. The molecule has 0 aliphatic rings. The molecule has 0 amide bonds. The maximum atomic E-state index is 12.0. The molecule has 0 heterocycles. The van der Waals surface area contributed by atoms with Crippen LogP contribution in [-0.4, -0.2) is 72.0 Å². The fraction of sp³-hybridized carbons (Fsp3) is 0.143. The van der Waals surface area contributed by atoms with Crippen LogP contribution in [0.5, 0.6) is 0 Å². The Morgan fingerprint density at radius 3 is 1.60 bits per heavy atom. The molecule has 9 nitrogen and oxygen atoms in total. The van der Waals surface area contributed by atoms with Gasteiger partial charge >= 0.3 is 0 Å². The van der Waals surface area contributed by atoms with Crippen LogP contribution in [0.15, 0.2) is 203 Å². The molecular weight excluding hydrogens is 669 g/mol. The van der Waals surface area contributed by atoms with E-state index in [1.165, 1.54) is 24.6 Å². The van der Waals surface area contributed by atoms with Crippen molar-refractivity contribution in [2.45, 2.75) is 18.7 Å². The minimum atomic E-state index is -3.67. The summed E-state index contributed by atoms with van der Waals surface area (Å²) < 4.78 is 24.1. The molecule has 0 spiro atoms. The van der Waals surface area contributed by atoms with Crippen LogP contribution >= 0.6 is 0 Å². The molecule has 1 aromatic carbocycles. The Balaban J connectivity index is -0.000000675. The van der Waals surface area contributed by atoms with E-state index in [2.05, 4.69) is 82.5 Å². The third-order valence-corrected chi connectivity index (χ3v) is 6.25. The van der Waals surface area contributed by atoms with Gasteiger partial charge in [-0.2, -0.15) is 13.5 Å². The van der Waals surface area contributed by atoms with Gasteiger partial charge in [-0.1, -0.05) is 117 Å². The van der Waals surface area contributed by atoms with Crippen molar-refractivity contribution in [2.75, 3.05) is 26.2 Å². The minimum Gasteiger partial charge on any atom is -0.298 e. The quantitative estimate of drug-likeness (QED) is 0.0341. The molecule has 0 aliphatic heterocycles.